The summed E-state index contributed by atoms with van der Waals surface area (Å²) in [6.07, 6.45) is 0. The predicted octanol–water partition coefficient (Wildman–Crippen LogP) is 14.1. The first kappa shape index (κ1) is 29.7. The Balaban J connectivity index is 1.26. The summed E-state index contributed by atoms with van der Waals surface area (Å²) in [7, 11) is 0. The zero-order valence-corrected chi connectivity index (χ0v) is 28.8. The molecule has 0 aliphatic heterocycles. The van der Waals surface area contributed by atoms with Gasteiger partial charge in [-0.3, -0.25) is 0 Å². The van der Waals surface area contributed by atoms with E-state index in [-0.39, 0.29) is 5.41 Å². The Morgan fingerprint density at radius 1 is 0.294 bits per heavy atom. The molecule has 0 heterocycles. The molecule has 9 aromatic carbocycles. The molecule has 0 saturated heterocycles. The van der Waals surface area contributed by atoms with E-state index in [0.717, 1.165) is 0 Å². The molecule has 0 heteroatoms. The Hall–Kier alpha value is -6.24. The third-order valence-electron chi connectivity index (χ3n) is 11.2. The van der Waals surface area contributed by atoms with E-state index in [1.807, 2.05) is 0 Å². The van der Waals surface area contributed by atoms with Crippen molar-refractivity contribution in [2.45, 2.75) is 19.3 Å². The van der Waals surface area contributed by atoms with E-state index >= 15 is 0 Å². The normalized spacial score (nSPS) is 13.1. The Bertz CT molecular complexity index is 2690. The van der Waals surface area contributed by atoms with Gasteiger partial charge >= 0.3 is 0 Å². The van der Waals surface area contributed by atoms with E-state index in [0.29, 0.717) is 0 Å². The fraction of sp³-hybridized carbons (Fsp3) is 0.0588. The second kappa shape index (κ2) is 11.4. The van der Waals surface area contributed by atoms with Crippen LogP contribution in [0.5, 0.6) is 0 Å². The first-order valence-electron chi connectivity index (χ1n) is 17.9. The molecule has 0 saturated carbocycles. The lowest BCUT2D eigenvalue weighted by Gasteiger charge is -2.22. The first-order valence-corrected chi connectivity index (χ1v) is 17.9. The Labute approximate surface area is 299 Å². The highest BCUT2D eigenvalue weighted by Crippen LogP contribution is 2.53. The van der Waals surface area contributed by atoms with Gasteiger partial charge in [-0.15, -0.1) is 0 Å². The van der Waals surface area contributed by atoms with Crippen LogP contribution in [0.25, 0.3) is 88.0 Å². The molecule has 51 heavy (non-hydrogen) atoms. The lowest BCUT2D eigenvalue weighted by molar-refractivity contribution is 0.661. The molecule has 0 amide bonds. The van der Waals surface area contributed by atoms with Crippen LogP contribution in [-0.2, 0) is 5.41 Å². The van der Waals surface area contributed by atoms with Gasteiger partial charge in [-0.25, -0.2) is 0 Å². The maximum absolute atomic E-state index is 2.48. The number of hydrogen-bond donors (Lipinski definition) is 0. The van der Waals surface area contributed by atoms with Crippen LogP contribution in [0.15, 0.2) is 182 Å². The third kappa shape index (κ3) is 4.60. The van der Waals surface area contributed by atoms with Crippen molar-refractivity contribution in [3.63, 3.8) is 0 Å². The standard InChI is InChI=1S/C51H36/c1-51(2)46-27-26-36(32-45(46)50-40-20-10-9-19-35(40)25-28-47(50)51)48-41-21-11-13-23-43(41)49(44-24-14-12-22-42(44)48)39-30-37(33-15-5-3-6-16-33)29-38(31-39)34-17-7-4-8-18-34/h3-32H,1-2H3. The minimum absolute atomic E-state index is 0.0680. The number of rotatable bonds is 4. The molecule has 0 nitrogen and oxygen atoms in total. The fourth-order valence-corrected chi connectivity index (χ4v) is 8.80. The molecule has 240 valence electrons. The summed E-state index contributed by atoms with van der Waals surface area (Å²) >= 11 is 0. The Morgan fingerprint density at radius 2 is 0.745 bits per heavy atom. The molecule has 0 aromatic heterocycles. The van der Waals surface area contributed by atoms with Crippen LogP contribution in [0.3, 0.4) is 0 Å². The summed E-state index contributed by atoms with van der Waals surface area (Å²) in [6.45, 7) is 4.75. The summed E-state index contributed by atoms with van der Waals surface area (Å²) in [5.74, 6) is 0. The Kier molecular flexibility index (Phi) is 6.63. The minimum atomic E-state index is -0.0680. The van der Waals surface area contributed by atoms with Gasteiger partial charge in [-0.05, 0) is 123 Å². The van der Waals surface area contributed by atoms with Gasteiger partial charge in [-0.1, -0.05) is 172 Å². The average Bonchev–Trinajstić information content (AvgIpc) is 3.42. The number of hydrogen-bond acceptors (Lipinski definition) is 0. The zero-order valence-electron chi connectivity index (χ0n) is 28.8. The lowest BCUT2D eigenvalue weighted by atomic mass is 9.81. The highest BCUT2D eigenvalue weighted by molar-refractivity contribution is 6.22. The van der Waals surface area contributed by atoms with E-state index in [1.54, 1.807) is 0 Å². The molecule has 0 atom stereocenters. The summed E-state index contributed by atoms with van der Waals surface area (Å²) in [4.78, 5) is 0. The maximum Gasteiger partial charge on any atom is 0.0159 e. The number of fused-ring (bicyclic) bond motifs is 7. The van der Waals surface area contributed by atoms with Gasteiger partial charge in [0, 0.05) is 5.41 Å². The lowest BCUT2D eigenvalue weighted by Crippen LogP contribution is -2.14. The van der Waals surface area contributed by atoms with Gasteiger partial charge in [-0.2, -0.15) is 0 Å². The van der Waals surface area contributed by atoms with Gasteiger partial charge in [0.15, 0.2) is 0 Å². The third-order valence-corrected chi connectivity index (χ3v) is 11.2. The quantitative estimate of drug-likeness (QED) is 0.167. The van der Waals surface area contributed by atoms with Crippen molar-refractivity contribution < 1.29 is 0 Å². The molecular formula is C51H36. The van der Waals surface area contributed by atoms with Crippen molar-refractivity contribution in [1.82, 2.24) is 0 Å². The maximum atomic E-state index is 2.48. The topological polar surface area (TPSA) is 0 Å². The number of benzene rings is 9. The monoisotopic (exact) mass is 648 g/mol. The van der Waals surface area contributed by atoms with Gasteiger partial charge in [0.1, 0.15) is 0 Å². The molecule has 0 fully saturated rings. The van der Waals surface area contributed by atoms with Crippen LogP contribution in [0, 0.1) is 0 Å². The van der Waals surface area contributed by atoms with E-state index in [1.165, 1.54) is 99.1 Å². The molecular weight excluding hydrogens is 613 g/mol. The zero-order chi connectivity index (χ0) is 34.1. The molecule has 1 aliphatic carbocycles. The summed E-state index contributed by atoms with van der Waals surface area (Å²) in [6, 6.07) is 67.4. The van der Waals surface area contributed by atoms with Crippen molar-refractivity contribution in [2.24, 2.45) is 0 Å². The van der Waals surface area contributed by atoms with E-state index in [4.69, 9.17) is 0 Å². The Morgan fingerprint density at radius 3 is 1.31 bits per heavy atom. The predicted molar refractivity (Wildman–Crippen MR) is 218 cm³/mol. The van der Waals surface area contributed by atoms with Crippen molar-refractivity contribution in [2.75, 3.05) is 0 Å². The fourth-order valence-electron chi connectivity index (χ4n) is 8.80. The second-order valence-electron chi connectivity index (χ2n) is 14.5. The van der Waals surface area contributed by atoms with Gasteiger partial charge in [0.05, 0.1) is 0 Å². The molecule has 9 aromatic rings. The molecule has 1 aliphatic rings. The molecule has 0 bridgehead atoms. The van der Waals surface area contributed by atoms with Crippen LogP contribution in [0.4, 0.5) is 0 Å². The summed E-state index contributed by atoms with van der Waals surface area (Å²) in [5.41, 5.74) is 15.4. The smallest absolute Gasteiger partial charge is 0.0159 e. The van der Waals surface area contributed by atoms with Crippen molar-refractivity contribution in [1.29, 1.82) is 0 Å². The van der Waals surface area contributed by atoms with Crippen LogP contribution in [0.2, 0.25) is 0 Å². The second-order valence-corrected chi connectivity index (χ2v) is 14.5. The SMILES string of the molecule is CC1(C)c2ccc(-c3c4ccccc4c(-c4cc(-c5ccccc5)cc(-c5ccccc5)c4)c4ccccc34)cc2-c2c1ccc1ccccc21. The van der Waals surface area contributed by atoms with Gasteiger partial charge in [0.25, 0.3) is 0 Å². The highest BCUT2D eigenvalue weighted by Gasteiger charge is 2.36. The van der Waals surface area contributed by atoms with Crippen molar-refractivity contribution >= 4 is 32.3 Å². The molecule has 0 N–H and O–H groups in total. The minimum Gasteiger partial charge on any atom is -0.0622 e. The first-order chi connectivity index (χ1) is 25.1. The van der Waals surface area contributed by atoms with E-state index in [9.17, 15) is 0 Å². The average molecular weight is 649 g/mol. The van der Waals surface area contributed by atoms with Crippen LogP contribution in [0.1, 0.15) is 25.0 Å². The van der Waals surface area contributed by atoms with Gasteiger partial charge < -0.3 is 0 Å². The summed E-state index contributed by atoms with van der Waals surface area (Å²) < 4.78 is 0. The van der Waals surface area contributed by atoms with E-state index < -0.39 is 0 Å². The van der Waals surface area contributed by atoms with Crippen LogP contribution >= 0.6 is 0 Å². The molecule has 0 spiro atoms. The molecule has 0 unspecified atom stereocenters. The molecule has 0 radical (unpaired) electrons. The van der Waals surface area contributed by atoms with Crippen molar-refractivity contribution in [3.8, 4) is 55.6 Å². The van der Waals surface area contributed by atoms with Crippen LogP contribution in [-0.4, -0.2) is 0 Å². The van der Waals surface area contributed by atoms with E-state index in [2.05, 4.69) is 196 Å². The van der Waals surface area contributed by atoms with Crippen molar-refractivity contribution in [3.05, 3.63) is 193 Å². The van der Waals surface area contributed by atoms with Crippen LogP contribution < -0.4 is 0 Å². The largest absolute Gasteiger partial charge is 0.0622 e. The van der Waals surface area contributed by atoms with Gasteiger partial charge in [0.2, 0.25) is 0 Å². The molecule has 10 rings (SSSR count). The summed E-state index contributed by atoms with van der Waals surface area (Å²) in [5, 5.41) is 7.69. The highest BCUT2D eigenvalue weighted by atomic mass is 14.4.